The van der Waals surface area contributed by atoms with Crippen molar-refractivity contribution in [3.05, 3.63) is 0 Å². The first-order valence-electron chi connectivity index (χ1n) is 5.73. The first kappa shape index (κ1) is 16.7. The normalized spacial score (nSPS) is 24.1. The highest BCUT2D eigenvalue weighted by atomic mass is 32.2. The van der Waals surface area contributed by atoms with Gasteiger partial charge in [-0.05, 0) is 6.26 Å². The molecule has 0 aliphatic carbocycles. The second-order valence-electron chi connectivity index (χ2n) is 4.04. The van der Waals surface area contributed by atoms with Gasteiger partial charge in [0.05, 0.1) is 25.8 Å². The molecule has 110 valence electrons. The summed E-state index contributed by atoms with van der Waals surface area (Å²) in [6.45, 7) is -0.644. The summed E-state index contributed by atoms with van der Waals surface area (Å²) in [5, 5.41) is 39.5. The molecule has 0 aromatic rings. The van der Waals surface area contributed by atoms with Gasteiger partial charge in [0.25, 0.3) is 5.24 Å². The lowest BCUT2D eigenvalue weighted by molar-refractivity contribution is -0.106. The van der Waals surface area contributed by atoms with E-state index in [-0.39, 0.29) is 18.3 Å². The molecule has 0 spiro atoms. The van der Waals surface area contributed by atoms with Gasteiger partial charge in [-0.15, -0.1) is 0 Å². The molecular formula is C9H18BNO7S. The maximum Gasteiger partial charge on any atom is 0.477 e. The van der Waals surface area contributed by atoms with Crippen LogP contribution in [-0.4, -0.2) is 83.1 Å². The SMILES string of the molecule is CSC(=O)NCB1OCC(C(O)C(O)C(O)CO)O1. The van der Waals surface area contributed by atoms with Crippen molar-refractivity contribution >= 4 is 24.1 Å². The van der Waals surface area contributed by atoms with E-state index in [1.165, 1.54) is 0 Å². The summed E-state index contributed by atoms with van der Waals surface area (Å²) in [6.07, 6.45) is -3.44. The van der Waals surface area contributed by atoms with Crippen LogP contribution in [0.5, 0.6) is 0 Å². The molecule has 19 heavy (non-hydrogen) atoms. The standard InChI is InChI=1S/C9H18BNO7S/c1-19-9(16)11-4-10-17-3-6(18-10)8(15)7(14)5(13)2-12/h5-8,12-15H,2-4H2,1H3,(H,11,16). The number of amides is 1. The Bertz CT molecular complexity index is 298. The molecule has 5 N–H and O–H groups in total. The summed E-state index contributed by atoms with van der Waals surface area (Å²) >= 11 is 1.02. The molecule has 1 amide bonds. The average Bonchev–Trinajstić information content (AvgIpc) is 2.90. The third-order valence-corrected chi connectivity index (χ3v) is 3.20. The van der Waals surface area contributed by atoms with Crippen LogP contribution in [0.4, 0.5) is 4.79 Å². The van der Waals surface area contributed by atoms with Crippen LogP contribution in [-0.2, 0) is 9.31 Å². The number of aliphatic hydroxyl groups excluding tert-OH is 4. The fraction of sp³-hybridized carbons (Fsp3) is 0.889. The van der Waals surface area contributed by atoms with Crippen molar-refractivity contribution in [2.45, 2.75) is 24.4 Å². The Morgan fingerprint density at radius 1 is 1.53 bits per heavy atom. The molecule has 4 atom stereocenters. The molecule has 1 heterocycles. The molecule has 10 heteroatoms. The lowest BCUT2D eigenvalue weighted by Crippen LogP contribution is -2.47. The summed E-state index contributed by atoms with van der Waals surface area (Å²) < 4.78 is 10.5. The summed E-state index contributed by atoms with van der Waals surface area (Å²) in [6, 6.07) is 0. The van der Waals surface area contributed by atoms with Crippen LogP contribution >= 0.6 is 11.8 Å². The van der Waals surface area contributed by atoms with Gasteiger partial charge >= 0.3 is 7.12 Å². The first-order valence-corrected chi connectivity index (χ1v) is 6.96. The number of rotatable bonds is 6. The van der Waals surface area contributed by atoms with E-state index >= 15 is 0 Å². The van der Waals surface area contributed by atoms with E-state index in [0.29, 0.717) is 0 Å². The Morgan fingerprint density at radius 3 is 2.79 bits per heavy atom. The highest BCUT2D eigenvalue weighted by Crippen LogP contribution is 2.16. The zero-order valence-electron chi connectivity index (χ0n) is 10.4. The second-order valence-corrected chi connectivity index (χ2v) is 4.82. The number of aliphatic hydroxyl groups is 4. The smallest absolute Gasteiger partial charge is 0.407 e. The Kier molecular flexibility index (Phi) is 7.07. The van der Waals surface area contributed by atoms with Gasteiger partial charge < -0.3 is 35.1 Å². The van der Waals surface area contributed by atoms with Crippen LogP contribution in [0.25, 0.3) is 0 Å². The number of thioether (sulfide) groups is 1. The van der Waals surface area contributed by atoms with E-state index in [1.807, 2.05) is 0 Å². The van der Waals surface area contributed by atoms with Gasteiger partial charge in [0, 0.05) is 0 Å². The van der Waals surface area contributed by atoms with E-state index < -0.39 is 38.1 Å². The largest absolute Gasteiger partial charge is 0.477 e. The summed E-state index contributed by atoms with van der Waals surface area (Å²) in [7, 11) is -0.714. The number of hydrogen-bond acceptors (Lipinski definition) is 8. The first-order chi connectivity index (χ1) is 8.99. The number of nitrogens with one attached hydrogen (secondary N) is 1. The van der Waals surface area contributed by atoms with Crippen molar-refractivity contribution in [2.24, 2.45) is 0 Å². The molecule has 8 nitrogen and oxygen atoms in total. The van der Waals surface area contributed by atoms with Crippen molar-refractivity contribution in [3.63, 3.8) is 0 Å². The summed E-state index contributed by atoms with van der Waals surface area (Å²) in [5.41, 5.74) is 0. The minimum atomic E-state index is -1.53. The van der Waals surface area contributed by atoms with Gasteiger partial charge in [0.1, 0.15) is 18.3 Å². The van der Waals surface area contributed by atoms with Crippen molar-refractivity contribution < 1.29 is 34.5 Å². The van der Waals surface area contributed by atoms with E-state index in [4.69, 9.17) is 14.4 Å². The maximum atomic E-state index is 11.0. The summed E-state index contributed by atoms with van der Waals surface area (Å²) in [5.74, 6) is 0. The molecule has 1 saturated heterocycles. The van der Waals surface area contributed by atoms with Crippen molar-refractivity contribution in [1.82, 2.24) is 5.32 Å². The van der Waals surface area contributed by atoms with Gasteiger partial charge in [-0.2, -0.15) is 0 Å². The quantitative estimate of drug-likeness (QED) is 0.342. The Labute approximate surface area is 115 Å². The average molecular weight is 295 g/mol. The maximum absolute atomic E-state index is 11.0. The minimum absolute atomic E-state index is 0.0240. The lowest BCUT2D eigenvalue weighted by atomic mass is 9.91. The molecular weight excluding hydrogens is 277 g/mol. The van der Waals surface area contributed by atoms with E-state index in [9.17, 15) is 20.1 Å². The summed E-state index contributed by atoms with van der Waals surface area (Å²) in [4.78, 5) is 11.0. The van der Waals surface area contributed by atoms with E-state index in [0.717, 1.165) is 11.8 Å². The molecule has 1 rings (SSSR count). The zero-order chi connectivity index (χ0) is 14.4. The zero-order valence-corrected chi connectivity index (χ0v) is 11.2. The Morgan fingerprint density at radius 2 is 2.21 bits per heavy atom. The monoisotopic (exact) mass is 295 g/mol. The van der Waals surface area contributed by atoms with Gasteiger partial charge in [0.15, 0.2) is 0 Å². The third kappa shape index (κ3) is 4.91. The van der Waals surface area contributed by atoms with Crippen molar-refractivity contribution in [1.29, 1.82) is 0 Å². The van der Waals surface area contributed by atoms with Crippen LogP contribution in [0.2, 0.25) is 0 Å². The van der Waals surface area contributed by atoms with Crippen LogP contribution in [0, 0.1) is 0 Å². The highest BCUT2D eigenvalue weighted by Gasteiger charge is 2.39. The fourth-order valence-electron chi connectivity index (χ4n) is 1.56. The topological polar surface area (TPSA) is 128 Å². The second kappa shape index (κ2) is 8.05. The molecule has 0 radical (unpaired) electrons. The van der Waals surface area contributed by atoms with Gasteiger partial charge in [0.2, 0.25) is 0 Å². The molecule has 0 aromatic carbocycles. The molecule has 1 aliphatic heterocycles. The van der Waals surface area contributed by atoms with E-state index in [2.05, 4.69) is 5.32 Å². The molecule has 1 aliphatic rings. The van der Waals surface area contributed by atoms with E-state index in [1.54, 1.807) is 6.26 Å². The molecule has 4 unspecified atom stereocenters. The molecule has 0 saturated carbocycles. The highest BCUT2D eigenvalue weighted by molar-refractivity contribution is 8.12. The predicted octanol–water partition coefficient (Wildman–Crippen LogP) is -2.42. The molecule has 1 fully saturated rings. The number of hydrogen-bond donors (Lipinski definition) is 5. The van der Waals surface area contributed by atoms with Gasteiger partial charge in [-0.3, -0.25) is 4.79 Å². The Balaban J connectivity index is 2.36. The van der Waals surface area contributed by atoms with Gasteiger partial charge in [-0.25, -0.2) is 0 Å². The lowest BCUT2D eigenvalue weighted by Gasteiger charge is -2.25. The van der Waals surface area contributed by atoms with Gasteiger partial charge in [-0.1, -0.05) is 11.8 Å². The molecule has 0 aromatic heterocycles. The third-order valence-electron chi connectivity index (χ3n) is 2.68. The van der Waals surface area contributed by atoms with Crippen LogP contribution in [0.15, 0.2) is 0 Å². The fourth-order valence-corrected chi connectivity index (χ4v) is 1.78. The van der Waals surface area contributed by atoms with Crippen molar-refractivity contribution in [3.8, 4) is 0 Å². The van der Waals surface area contributed by atoms with Crippen LogP contribution in [0.1, 0.15) is 0 Å². The predicted molar refractivity (Wildman–Crippen MR) is 68.6 cm³/mol. The number of carbonyl (C=O) groups is 1. The Hall–Kier alpha value is -0.355. The van der Waals surface area contributed by atoms with Crippen LogP contribution in [0.3, 0.4) is 0 Å². The number of carbonyl (C=O) groups excluding carboxylic acids is 1. The molecule has 0 bridgehead atoms. The van der Waals surface area contributed by atoms with Crippen LogP contribution < -0.4 is 5.32 Å². The van der Waals surface area contributed by atoms with Crippen molar-refractivity contribution in [2.75, 3.05) is 25.9 Å². The minimum Gasteiger partial charge on any atom is -0.407 e.